The first-order chi connectivity index (χ1) is 8.56. The number of aromatic nitrogens is 4. The Kier molecular flexibility index (Phi) is 6.21. The lowest BCUT2D eigenvalue weighted by molar-refractivity contribution is 0.0890. The zero-order valence-corrected chi connectivity index (χ0v) is 12.1. The van der Waals surface area contributed by atoms with Gasteiger partial charge in [-0.3, -0.25) is 0 Å². The summed E-state index contributed by atoms with van der Waals surface area (Å²) in [4.78, 5) is 0. The van der Waals surface area contributed by atoms with Crippen LogP contribution in [0.25, 0.3) is 0 Å². The predicted molar refractivity (Wildman–Crippen MR) is 70.2 cm³/mol. The molecule has 6 heteroatoms. The molecule has 0 aromatic carbocycles. The molecule has 1 heterocycles. The lowest BCUT2D eigenvalue weighted by Crippen LogP contribution is -2.28. The second kappa shape index (κ2) is 7.43. The van der Waals surface area contributed by atoms with E-state index in [9.17, 15) is 0 Å². The fraction of sp³-hybridized carbons (Fsp3) is 0.917. The predicted octanol–water partition coefficient (Wildman–Crippen LogP) is 1.40. The molecule has 0 spiro atoms. The van der Waals surface area contributed by atoms with E-state index in [-0.39, 0.29) is 6.04 Å². The number of rotatable bonds is 8. The van der Waals surface area contributed by atoms with Gasteiger partial charge in [-0.15, -0.1) is 5.10 Å². The molecule has 1 aromatic heterocycles. The number of nitrogens with zero attached hydrogens (tertiary/aromatic N) is 4. The number of hydrogen-bond acceptors (Lipinski definition) is 5. The Hall–Kier alpha value is -1.01. The molecule has 18 heavy (non-hydrogen) atoms. The zero-order valence-electron chi connectivity index (χ0n) is 12.1. The van der Waals surface area contributed by atoms with Crippen molar-refractivity contribution in [2.45, 2.75) is 53.2 Å². The van der Waals surface area contributed by atoms with Crippen molar-refractivity contribution in [1.82, 2.24) is 25.5 Å². The van der Waals surface area contributed by atoms with Gasteiger partial charge in [0.05, 0.1) is 19.2 Å². The summed E-state index contributed by atoms with van der Waals surface area (Å²) in [5, 5.41) is 15.3. The van der Waals surface area contributed by atoms with Gasteiger partial charge in [-0.1, -0.05) is 27.7 Å². The van der Waals surface area contributed by atoms with Gasteiger partial charge in [0.2, 0.25) is 0 Å². The minimum Gasteiger partial charge on any atom is -0.380 e. The van der Waals surface area contributed by atoms with Crippen LogP contribution < -0.4 is 5.32 Å². The molecule has 0 saturated carbocycles. The van der Waals surface area contributed by atoms with E-state index in [1.807, 2.05) is 11.6 Å². The summed E-state index contributed by atoms with van der Waals surface area (Å²) in [5.74, 6) is 1.29. The van der Waals surface area contributed by atoms with Crippen LogP contribution in [0.5, 0.6) is 0 Å². The van der Waals surface area contributed by atoms with E-state index in [0.717, 1.165) is 5.82 Å². The summed E-state index contributed by atoms with van der Waals surface area (Å²) in [6.45, 7) is 12.6. The Balaban J connectivity index is 2.74. The summed E-state index contributed by atoms with van der Waals surface area (Å²) in [6.07, 6.45) is 0. The number of tetrazole rings is 1. The second-order valence-corrected chi connectivity index (χ2v) is 5.05. The molecule has 0 radical (unpaired) electrons. The Morgan fingerprint density at radius 3 is 2.56 bits per heavy atom. The van der Waals surface area contributed by atoms with Crippen LogP contribution in [0.3, 0.4) is 0 Å². The number of nitrogens with one attached hydrogen (secondary N) is 1. The monoisotopic (exact) mass is 255 g/mol. The summed E-state index contributed by atoms with van der Waals surface area (Å²) >= 11 is 0. The summed E-state index contributed by atoms with van der Waals surface area (Å²) in [6, 6.07) is 0.600. The topological polar surface area (TPSA) is 64.9 Å². The standard InChI is InChI=1S/C12H25N5O/c1-6-18-8-11(9(2)3)17-12(14-15-16-17)7-13-10(4)5/h9-11,13H,6-8H2,1-5H3. The third kappa shape index (κ3) is 4.34. The third-order valence-corrected chi connectivity index (χ3v) is 2.81. The molecule has 1 N–H and O–H groups in total. The molecular weight excluding hydrogens is 230 g/mol. The molecule has 0 aliphatic carbocycles. The van der Waals surface area contributed by atoms with Gasteiger partial charge in [0.1, 0.15) is 0 Å². The summed E-state index contributed by atoms with van der Waals surface area (Å²) in [5.41, 5.74) is 0. The van der Waals surface area contributed by atoms with Gasteiger partial charge >= 0.3 is 0 Å². The average molecular weight is 255 g/mol. The van der Waals surface area contributed by atoms with Crippen LogP contribution in [0.4, 0.5) is 0 Å². The molecule has 1 rings (SSSR count). The third-order valence-electron chi connectivity index (χ3n) is 2.81. The molecule has 6 nitrogen and oxygen atoms in total. The first kappa shape index (κ1) is 15.0. The Labute approximate surface area is 109 Å². The molecule has 0 aliphatic heterocycles. The SMILES string of the molecule is CCOCC(C(C)C)n1nnnc1CNC(C)C. The fourth-order valence-electron chi connectivity index (χ4n) is 1.67. The molecular formula is C12H25N5O. The van der Waals surface area contributed by atoms with Crippen molar-refractivity contribution in [2.75, 3.05) is 13.2 Å². The zero-order chi connectivity index (χ0) is 13.5. The van der Waals surface area contributed by atoms with Crippen molar-refractivity contribution in [1.29, 1.82) is 0 Å². The largest absolute Gasteiger partial charge is 0.380 e. The Bertz CT molecular complexity index is 337. The highest BCUT2D eigenvalue weighted by Gasteiger charge is 2.20. The number of ether oxygens (including phenoxy) is 1. The van der Waals surface area contributed by atoms with Crippen LogP contribution >= 0.6 is 0 Å². The van der Waals surface area contributed by atoms with E-state index in [4.69, 9.17) is 4.74 Å². The average Bonchev–Trinajstić information content (AvgIpc) is 2.75. The minimum absolute atomic E-state index is 0.184. The molecule has 0 bridgehead atoms. The van der Waals surface area contributed by atoms with Gasteiger partial charge in [0.25, 0.3) is 0 Å². The van der Waals surface area contributed by atoms with Crippen LogP contribution in [0.1, 0.15) is 46.5 Å². The minimum atomic E-state index is 0.184. The maximum Gasteiger partial charge on any atom is 0.165 e. The van der Waals surface area contributed by atoms with Gasteiger partial charge < -0.3 is 10.1 Å². The maximum absolute atomic E-state index is 5.52. The molecule has 1 aromatic rings. The van der Waals surface area contributed by atoms with E-state index in [2.05, 4.69) is 48.5 Å². The highest BCUT2D eigenvalue weighted by Crippen LogP contribution is 2.18. The van der Waals surface area contributed by atoms with E-state index >= 15 is 0 Å². The summed E-state index contributed by atoms with van der Waals surface area (Å²) in [7, 11) is 0. The maximum atomic E-state index is 5.52. The van der Waals surface area contributed by atoms with E-state index < -0.39 is 0 Å². The lowest BCUT2D eigenvalue weighted by atomic mass is 10.1. The van der Waals surface area contributed by atoms with Crippen molar-refractivity contribution in [3.05, 3.63) is 5.82 Å². The normalized spacial score (nSPS) is 13.5. The Morgan fingerprint density at radius 2 is 2.00 bits per heavy atom. The molecule has 0 amide bonds. The highest BCUT2D eigenvalue weighted by atomic mass is 16.5. The van der Waals surface area contributed by atoms with Crippen molar-refractivity contribution >= 4 is 0 Å². The van der Waals surface area contributed by atoms with Gasteiger partial charge in [-0.2, -0.15) is 0 Å². The van der Waals surface area contributed by atoms with E-state index in [0.29, 0.717) is 31.7 Å². The fourth-order valence-corrected chi connectivity index (χ4v) is 1.67. The van der Waals surface area contributed by atoms with Crippen molar-refractivity contribution in [3.8, 4) is 0 Å². The lowest BCUT2D eigenvalue weighted by Gasteiger charge is -2.22. The molecule has 1 unspecified atom stereocenters. The van der Waals surface area contributed by atoms with Crippen LogP contribution in [0.2, 0.25) is 0 Å². The van der Waals surface area contributed by atoms with E-state index in [1.165, 1.54) is 0 Å². The molecule has 1 atom stereocenters. The van der Waals surface area contributed by atoms with Crippen LogP contribution in [-0.4, -0.2) is 39.5 Å². The molecule has 0 saturated heterocycles. The molecule has 0 fully saturated rings. The first-order valence-corrected chi connectivity index (χ1v) is 6.64. The van der Waals surface area contributed by atoms with Gasteiger partial charge in [-0.05, 0) is 23.3 Å². The summed E-state index contributed by atoms with van der Waals surface area (Å²) < 4.78 is 7.41. The van der Waals surface area contributed by atoms with Gasteiger partial charge in [-0.25, -0.2) is 4.68 Å². The quantitative estimate of drug-likeness (QED) is 0.760. The van der Waals surface area contributed by atoms with Crippen LogP contribution in [0, 0.1) is 5.92 Å². The highest BCUT2D eigenvalue weighted by molar-refractivity contribution is 4.85. The van der Waals surface area contributed by atoms with Crippen molar-refractivity contribution < 1.29 is 4.74 Å². The van der Waals surface area contributed by atoms with Crippen molar-refractivity contribution in [2.24, 2.45) is 5.92 Å². The van der Waals surface area contributed by atoms with Crippen LogP contribution in [0.15, 0.2) is 0 Å². The molecule has 0 aliphatic rings. The smallest absolute Gasteiger partial charge is 0.165 e. The van der Waals surface area contributed by atoms with E-state index in [1.54, 1.807) is 0 Å². The second-order valence-electron chi connectivity index (χ2n) is 5.05. The number of hydrogen-bond donors (Lipinski definition) is 1. The Morgan fingerprint density at radius 1 is 1.28 bits per heavy atom. The molecule has 104 valence electrons. The van der Waals surface area contributed by atoms with Crippen LogP contribution in [-0.2, 0) is 11.3 Å². The van der Waals surface area contributed by atoms with Crippen molar-refractivity contribution in [3.63, 3.8) is 0 Å². The van der Waals surface area contributed by atoms with Gasteiger partial charge in [0, 0.05) is 12.6 Å². The van der Waals surface area contributed by atoms with Gasteiger partial charge in [0.15, 0.2) is 5.82 Å². The first-order valence-electron chi connectivity index (χ1n) is 6.64.